The third kappa shape index (κ3) is 8.21. The quantitative estimate of drug-likeness (QED) is 0.372. The molecule has 1 aromatic carbocycles. The van der Waals surface area contributed by atoms with Gasteiger partial charge >= 0.3 is 0 Å². The van der Waals surface area contributed by atoms with Crippen molar-refractivity contribution in [1.82, 2.24) is 10.6 Å². The summed E-state index contributed by atoms with van der Waals surface area (Å²) in [5.74, 6) is 1.98. The molecule has 0 aliphatic heterocycles. The van der Waals surface area contributed by atoms with E-state index in [1.54, 1.807) is 7.05 Å². The summed E-state index contributed by atoms with van der Waals surface area (Å²) < 4.78 is 24.4. The number of aliphatic imine (C=N–C) groups is 1. The Morgan fingerprint density at radius 2 is 1.73 bits per heavy atom. The minimum atomic E-state index is -3.07. The normalized spacial score (nSPS) is 16.0. The van der Waals surface area contributed by atoms with Gasteiger partial charge in [-0.1, -0.05) is 56.0 Å². The second kappa shape index (κ2) is 11.2. The molecule has 0 aromatic heterocycles. The average Bonchev–Trinajstić information content (AvgIpc) is 3.14. The van der Waals surface area contributed by atoms with Gasteiger partial charge < -0.3 is 10.6 Å². The van der Waals surface area contributed by atoms with Crippen LogP contribution in [0.15, 0.2) is 35.3 Å². The smallest absolute Gasteiger partial charge is 0.190 e. The molecule has 1 fully saturated rings. The van der Waals surface area contributed by atoms with Crippen molar-refractivity contribution in [2.75, 3.05) is 25.9 Å². The van der Waals surface area contributed by atoms with Crippen molar-refractivity contribution in [1.29, 1.82) is 0 Å². The highest BCUT2D eigenvalue weighted by Gasteiger charge is 2.14. The Bertz CT molecular complexity index is 638. The van der Waals surface area contributed by atoms with Gasteiger partial charge in [0.05, 0.1) is 11.5 Å². The van der Waals surface area contributed by atoms with Crippen molar-refractivity contribution in [2.24, 2.45) is 10.9 Å². The zero-order valence-corrected chi connectivity index (χ0v) is 16.7. The lowest BCUT2D eigenvalue weighted by Crippen LogP contribution is -2.38. The Labute approximate surface area is 158 Å². The van der Waals surface area contributed by atoms with Gasteiger partial charge in [0.1, 0.15) is 0 Å². The van der Waals surface area contributed by atoms with Gasteiger partial charge in [-0.25, -0.2) is 8.42 Å². The highest BCUT2D eigenvalue weighted by Crippen LogP contribution is 2.28. The summed E-state index contributed by atoms with van der Waals surface area (Å²) in [5, 5.41) is 6.53. The number of nitrogens with zero attached hydrogens (tertiary/aromatic N) is 1. The van der Waals surface area contributed by atoms with Crippen LogP contribution in [0.5, 0.6) is 0 Å². The molecule has 1 aliphatic carbocycles. The standard InChI is InChI=1S/C20H33N3O2S/c1-21-20(22-14-7-13-18-9-5-6-10-18)23-15-8-16-26(24,25)17-19-11-3-2-4-12-19/h2-4,11-12,18H,5-10,13-17H2,1H3,(H2,21,22,23). The predicted molar refractivity (Wildman–Crippen MR) is 109 cm³/mol. The van der Waals surface area contributed by atoms with E-state index in [4.69, 9.17) is 0 Å². The largest absolute Gasteiger partial charge is 0.356 e. The molecule has 2 rings (SSSR count). The number of hydrogen-bond donors (Lipinski definition) is 2. The number of nitrogens with one attached hydrogen (secondary N) is 2. The van der Waals surface area contributed by atoms with Crippen LogP contribution in [0, 0.1) is 5.92 Å². The zero-order valence-electron chi connectivity index (χ0n) is 15.9. The number of rotatable bonds is 10. The molecule has 0 spiro atoms. The van der Waals surface area contributed by atoms with Crippen molar-refractivity contribution in [3.05, 3.63) is 35.9 Å². The Morgan fingerprint density at radius 1 is 1.08 bits per heavy atom. The third-order valence-electron chi connectivity index (χ3n) is 4.93. The van der Waals surface area contributed by atoms with Crippen molar-refractivity contribution < 1.29 is 8.42 Å². The molecule has 6 heteroatoms. The summed E-state index contributed by atoms with van der Waals surface area (Å²) in [4.78, 5) is 4.20. The predicted octanol–water partition coefficient (Wildman–Crippen LogP) is 3.13. The second-order valence-electron chi connectivity index (χ2n) is 7.15. The SMILES string of the molecule is CN=C(NCCCC1CCCC1)NCCCS(=O)(=O)Cc1ccccc1. The van der Waals surface area contributed by atoms with Gasteiger partial charge in [-0.3, -0.25) is 4.99 Å². The maximum absolute atomic E-state index is 12.2. The molecule has 1 aromatic rings. The molecule has 0 unspecified atom stereocenters. The molecular weight excluding hydrogens is 346 g/mol. The van der Waals surface area contributed by atoms with E-state index in [1.165, 1.54) is 32.1 Å². The monoisotopic (exact) mass is 379 g/mol. The fourth-order valence-corrected chi connectivity index (χ4v) is 4.95. The van der Waals surface area contributed by atoms with E-state index in [0.29, 0.717) is 13.0 Å². The lowest BCUT2D eigenvalue weighted by atomic mass is 10.0. The van der Waals surface area contributed by atoms with Crippen molar-refractivity contribution in [3.63, 3.8) is 0 Å². The van der Waals surface area contributed by atoms with Crippen LogP contribution in [0.4, 0.5) is 0 Å². The Morgan fingerprint density at radius 3 is 2.38 bits per heavy atom. The van der Waals surface area contributed by atoms with Gasteiger partial charge in [-0.05, 0) is 30.7 Å². The Hall–Kier alpha value is -1.56. The molecule has 146 valence electrons. The fourth-order valence-electron chi connectivity index (χ4n) is 3.52. The van der Waals surface area contributed by atoms with E-state index in [9.17, 15) is 8.42 Å². The van der Waals surface area contributed by atoms with Gasteiger partial charge in [0.15, 0.2) is 15.8 Å². The van der Waals surface area contributed by atoms with E-state index in [2.05, 4.69) is 15.6 Å². The van der Waals surface area contributed by atoms with E-state index in [1.807, 2.05) is 30.3 Å². The van der Waals surface area contributed by atoms with E-state index in [-0.39, 0.29) is 11.5 Å². The molecule has 0 amide bonds. The lowest BCUT2D eigenvalue weighted by Gasteiger charge is -2.13. The Balaban J connectivity index is 1.58. The first kappa shape index (κ1) is 20.7. The molecule has 26 heavy (non-hydrogen) atoms. The van der Waals surface area contributed by atoms with Crippen LogP contribution in [-0.2, 0) is 15.6 Å². The van der Waals surface area contributed by atoms with Gasteiger partial charge in [0.25, 0.3) is 0 Å². The van der Waals surface area contributed by atoms with Crippen molar-refractivity contribution in [3.8, 4) is 0 Å². The van der Waals surface area contributed by atoms with Crippen molar-refractivity contribution >= 4 is 15.8 Å². The first-order chi connectivity index (χ1) is 12.6. The first-order valence-electron chi connectivity index (χ1n) is 9.78. The molecular formula is C20H33N3O2S. The molecule has 0 heterocycles. The number of benzene rings is 1. The molecule has 0 radical (unpaired) electrons. The van der Waals surface area contributed by atoms with Gasteiger partial charge in [0, 0.05) is 20.1 Å². The summed E-state index contributed by atoms with van der Waals surface area (Å²) in [7, 11) is -1.32. The van der Waals surface area contributed by atoms with Gasteiger partial charge in [-0.15, -0.1) is 0 Å². The molecule has 0 atom stereocenters. The lowest BCUT2D eigenvalue weighted by molar-refractivity contribution is 0.481. The van der Waals surface area contributed by atoms with Crippen LogP contribution in [0.25, 0.3) is 0 Å². The highest BCUT2D eigenvalue weighted by atomic mass is 32.2. The third-order valence-corrected chi connectivity index (χ3v) is 6.62. The average molecular weight is 380 g/mol. The number of sulfone groups is 1. The maximum Gasteiger partial charge on any atom is 0.190 e. The van der Waals surface area contributed by atoms with Crippen LogP contribution >= 0.6 is 0 Å². The van der Waals surface area contributed by atoms with Crippen LogP contribution < -0.4 is 10.6 Å². The van der Waals surface area contributed by atoms with Gasteiger partial charge in [-0.2, -0.15) is 0 Å². The maximum atomic E-state index is 12.2. The number of hydrogen-bond acceptors (Lipinski definition) is 3. The Kier molecular flexibility index (Phi) is 8.95. The molecule has 2 N–H and O–H groups in total. The fraction of sp³-hybridized carbons (Fsp3) is 0.650. The van der Waals surface area contributed by atoms with E-state index in [0.717, 1.165) is 30.4 Å². The van der Waals surface area contributed by atoms with Crippen molar-refractivity contribution in [2.45, 2.75) is 50.7 Å². The van der Waals surface area contributed by atoms with Crippen LogP contribution in [0.3, 0.4) is 0 Å². The molecule has 1 aliphatic rings. The minimum Gasteiger partial charge on any atom is -0.356 e. The summed E-state index contributed by atoms with van der Waals surface area (Å²) in [6, 6.07) is 9.34. The molecule has 0 bridgehead atoms. The van der Waals surface area contributed by atoms with Gasteiger partial charge in [0.2, 0.25) is 0 Å². The van der Waals surface area contributed by atoms with E-state index < -0.39 is 9.84 Å². The zero-order chi connectivity index (χ0) is 18.7. The topological polar surface area (TPSA) is 70.6 Å². The first-order valence-corrected chi connectivity index (χ1v) is 11.6. The summed E-state index contributed by atoms with van der Waals surface area (Å²) in [6.45, 7) is 1.53. The molecule has 0 saturated heterocycles. The summed E-state index contributed by atoms with van der Waals surface area (Å²) in [5.41, 5.74) is 0.847. The van der Waals surface area contributed by atoms with Crippen LogP contribution in [-0.4, -0.2) is 40.3 Å². The highest BCUT2D eigenvalue weighted by molar-refractivity contribution is 7.90. The molecule has 1 saturated carbocycles. The van der Waals surface area contributed by atoms with Crippen LogP contribution in [0.2, 0.25) is 0 Å². The summed E-state index contributed by atoms with van der Waals surface area (Å²) >= 11 is 0. The number of guanidine groups is 1. The van der Waals surface area contributed by atoms with E-state index >= 15 is 0 Å². The summed E-state index contributed by atoms with van der Waals surface area (Å²) in [6.07, 6.45) is 8.62. The molecule has 5 nitrogen and oxygen atoms in total. The second-order valence-corrected chi connectivity index (χ2v) is 9.33. The van der Waals surface area contributed by atoms with Crippen LogP contribution in [0.1, 0.15) is 50.5 Å². The minimum absolute atomic E-state index is 0.113.